The number of carbonyl (C=O) groups is 2. The summed E-state index contributed by atoms with van der Waals surface area (Å²) in [6.45, 7) is 3.76. The Bertz CT molecular complexity index is 717. The molecule has 0 aliphatic rings. The molecule has 128 valence electrons. The van der Waals surface area contributed by atoms with Crippen molar-refractivity contribution < 1.29 is 18.4 Å². The standard InChI is InChI=1S/C16H18F2N4O2/c1-9(2)7-13(16(24)21-14-5-6-19-22-14)20-15(23)11-8-10(17)3-4-12(11)18/h3-6,8-9,13H,7H2,1-2H3,(H,20,23)(H2,19,21,22,24)/t13-/m0/s1. The topological polar surface area (TPSA) is 86.9 Å². The third kappa shape index (κ3) is 4.61. The average molecular weight is 336 g/mol. The molecule has 1 aromatic heterocycles. The molecule has 0 unspecified atom stereocenters. The highest BCUT2D eigenvalue weighted by atomic mass is 19.1. The molecule has 2 aromatic rings. The molecule has 0 spiro atoms. The van der Waals surface area contributed by atoms with Crippen LogP contribution in [0.3, 0.4) is 0 Å². The zero-order chi connectivity index (χ0) is 17.7. The largest absolute Gasteiger partial charge is 0.340 e. The smallest absolute Gasteiger partial charge is 0.255 e. The van der Waals surface area contributed by atoms with Gasteiger partial charge in [-0.1, -0.05) is 13.8 Å². The van der Waals surface area contributed by atoms with Gasteiger partial charge in [-0.3, -0.25) is 14.7 Å². The number of halogens is 2. The van der Waals surface area contributed by atoms with Crippen molar-refractivity contribution in [3.63, 3.8) is 0 Å². The first-order valence-electron chi connectivity index (χ1n) is 7.43. The second kappa shape index (κ2) is 7.67. The van der Waals surface area contributed by atoms with Gasteiger partial charge in [-0.05, 0) is 30.5 Å². The van der Waals surface area contributed by atoms with Crippen LogP contribution in [0.25, 0.3) is 0 Å². The van der Waals surface area contributed by atoms with Gasteiger partial charge in [0, 0.05) is 6.07 Å². The summed E-state index contributed by atoms with van der Waals surface area (Å²) in [6, 6.07) is 3.24. The number of aromatic amines is 1. The lowest BCUT2D eigenvalue weighted by atomic mass is 10.0. The molecule has 0 radical (unpaired) electrons. The summed E-state index contributed by atoms with van der Waals surface area (Å²) < 4.78 is 26.9. The van der Waals surface area contributed by atoms with E-state index >= 15 is 0 Å². The predicted molar refractivity (Wildman–Crippen MR) is 84.3 cm³/mol. The molecule has 1 atom stereocenters. The van der Waals surface area contributed by atoms with E-state index in [1.54, 1.807) is 6.07 Å². The Hall–Kier alpha value is -2.77. The molecule has 0 aliphatic heterocycles. The highest BCUT2D eigenvalue weighted by Gasteiger charge is 2.24. The van der Waals surface area contributed by atoms with Gasteiger partial charge in [0.25, 0.3) is 5.91 Å². The maximum atomic E-state index is 13.7. The molecule has 24 heavy (non-hydrogen) atoms. The highest BCUT2D eigenvalue weighted by molar-refractivity contribution is 6.00. The van der Waals surface area contributed by atoms with Crippen molar-refractivity contribution in [1.29, 1.82) is 0 Å². The van der Waals surface area contributed by atoms with E-state index in [0.29, 0.717) is 12.2 Å². The summed E-state index contributed by atoms with van der Waals surface area (Å²) in [6.07, 6.45) is 1.80. The van der Waals surface area contributed by atoms with Crippen molar-refractivity contribution in [3.05, 3.63) is 47.7 Å². The van der Waals surface area contributed by atoms with Crippen LogP contribution in [0.2, 0.25) is 0 Å². The lowest BCUT2D eigenvalue weighted by Gasteiger charge is -2.20. The molecule has 1 aromatic carbocycles. The van der Waals surface area contributed by atoms with Crippen molar-refractivity contribution in [2.24, 2.45) is 5.92 Å². The van der Waals surface area contributed by atoms with Crippen molar-refractivity contribution in [3.8, 4) is 0 Å². The first kappa shape index (κ1) is 17.6. The minimum absolute atomic E-state index is 0.0974. The lowest BCUT2D eigenvalue weighted by Crippen LogP contribution is -2.44. The molecule has 0 aliphatic carbocycles. The van der Waals surface area contributed by atoms with E-state index in [9.17, 15) is 18.4 Å². The van der Waals surface area contributed by atoms with Gasteiger partial charge in [0.15, 0.2) is 0 Å². The molecular formula is C16H18F2N4O2. The Morgan fingerprint density at radius 1 is 1.25 bits per heavy atom. The summed E-state index contributed by atoms with van der Waals surface area (Å²) in [5, 5.41) is 11.3. The number of nitrogens with one attached hydrogen (secondary N) is 3. The van der Waals surface area contributed by atoms with Gasteiger partial charge in [-0.2, -0.15) is 5.10 Å². The van der Waals surface area contributed by atoms with E-state index in [0.717, 1.165) is 18.2 Å². The van der Waals surface area contributed by atoms with E-state index in [2.05, 4.69) is 20.8 Å². The number of anilines is 1. The van der Waals surface area contributed by atoms with Gasteiger partial charge in [0.05, 0.1) is 11.8 Å². The molecule has 2 rings (SSSR count). The minimum Gasteiger partial charge on any atom is -0.340 e. The summed E-state index contributed by atoms with van der Waals surface area (Å²) >= 11 is 0. The lowest BCUT2D eigenvalue weighted by molar-refractivity contribution is -0.118. The maximum Gasteiger partial charge on any atom is 0.255 e. The van der Waals surface area contributed by atoms with Crippen molar-refractivity contribution in [1.82, 2.24) is 15.5 Å². The van der Waals surface area contributed by atoms with Crippen LogP contribution in [0.5, 0.6) is 0 Å². The van der Waals surface area contributed by atoms with Crippen LogP contribution in [0, 0.1) is 17.6 Å². The van der Waals surface area contributed by atoms with E-state index < -0.39 is 35.1 Å². The van der Waals surface area contributed by atoms with Crippen LogP contribution in [0.1, 0.15) is 30.6 Å². The number of nitrogens with zero attached hydrogens (tertiary/aromatic N) is 1. The Labute approximate surface area is 137 Å². The Kier molecular flexibility index (Phi) is 5.62. The summed E-state index contributed by atoms with van der Waals surface area (Å²) in [5.74, 6) is -2.44. The zero-order valence-electron chi connectivity index (χ0n) is 13.3. The Morgan fingerprint density at radius 3 is 2.62 bits per heavy atom. The normalized spacial score (nSPS) is 12.0. The van der Waals surface area contributed by atoms with Crippen LogP contribution < -0.4 is 10.6 Å². The Balaban J connectivity index is 2.14. The third-order valence-corrected chi connectivity index (χ3v) is 3.26. The van der Waals surface area contributed by atoms with Gasteiger partial charge < -0.3 is 10.6 Å². The molecular weight excluding hydrogens is 318 g/mol. The van der Waals surface area contributed by atoms with E-state index in [4.69, 9.17) is 0 Å². The van der Waals surface area contributed by atoms with Crippen molar-refractivity contribution in [2.75, 3.05) is 5.32 Å². The SMILES string of the molecule is CC(C)C[C@H](NC(=O)c1cc(F)ccc1F)C(=O)Nc1ccn[nH]1. The van der Waals surface area contributed by atoms with Crippen molar-refractivity contribution in [2.45, 2.75) is 26.3 Å². The van der Waals surface area contributed by atoms with Crippen LogP contribution in [0.15, 0.2) is 30.5 Å². The molecule has 0 saturated carbocycles. The summed E-state index contributed by atoms with van der Waals surface area (Å²) in [5.41, 5.74) is -0.446. The van der Waals surface area contributed by atoms with Crippen LogP contribution in [0.4, 0.5) is 14.6 Å². The number of amides is 2. The minimum atomic E-state index is -0.900. The van der Waals surface area contributed by atoms with Crippen LogP contribution in [-0.2, 0) is 4.79 Å². The van der Waals surface area contributed by atoms with Gasteiger partial charge in [0.1, 0.15) is 23.5 Å². The van der Waals surface area contributed by atoms with Crippen molar-refractivity contribution >= 4 is 17.6 Å². The van der Waals surface area contributed by atoms with E-state index in [-0.39, 0.29) is 5.92 Å². The van der Waals surface area contributed by atoms with Gasteiger partial charge in [0.2, 0.25) is 5.91 Å². The van der Waals surface area contributed by atoms with Gasteiger partial charge in [-0.25, -0.2) is 8.78 Å². The quantitative estimate of drug-likeness (QED) is 0.757. The number of benzene rings is 1. The number of aromatic nitrogens is 2. The molecule has 0 fully saturated rings. The monoisotopic (exact) mass is 336 g/mol. The number of hydrogen-bond acceptors (Lipinski definition) is 3. The van der Waals surface area contributed by atoms with Crippen LogP contribution >= 0.6 is 0 Å². The number of rotatable bonds is 6. The second-order valence-electron chi connectivity index (χ2n) is 5.74. The fraction of sp³-hybridized carbons (Fsp3) is 0.312. The molecule has 0 bridgehead atoms. The number of hydrogen-bond donors (Lipinski definition) is 3. The third-order valence-electron chi connectivity index (χ3n) is 3.26. The summed E-state index contributed by atoms with van der Waals surface area (Å²) in [7, 11) is 0. The number of carbonyl (C=O) groups excluding carboxylic acids is 2. The second-order valence-corrected chi connectivity index (χ2v) is 5.74. The fourth-order valence-electron chi connectivity index (χ4n) is 2.16. The first-order chi connectivity index (χ1) is 11.4. The van der Waals surface area contributed by atoms with Gasteiger partial charge >= 0.3 is 0 Å². The molecule has 1 heterocycles. The number of H-pyrrole nitrogens is 1. The fourth-order valence-corrected chi connectivity index (χ4v) is 2.16. The summed E-state index contributed by atoms with van der Waals surface area (Å²) in [4.78, 5) is 24.5. The van der Waals surface area contributed by atoms with E-state index in [1.807, 2.05) is 13.8 Å². The Morgan fingerprint density at radius 2 is 2.00 bits per heavy atom. The average Bonchev–Trinajstić information content (AvgIpc) is 3.01. The molecule has 6 nitrogen and oxygen atoms in total. The molecule has 3 N–H and O–H groups in total. The first-order valence-corrected chi connectivity index (χ1v) is 7.43. The highest BCUT2D eigenvalue weighted by Crippen LogP contribution is 2.12. The maximum absolute atomic E-state index is 13.7. The van der Waals surface area contributed by atoms with Gasteiger partial charge in [-0.15, -0.1) is 0 Å². The zero-order valence-corrected chi connectivity index (χ0v) is 13.3. The van der Waals surface area contributed by atoms with E-state index in [1.165, 1.54) is 6.20 Å². The van der Waals surface area contributed by atoms with Crippen LogP contribution in [-0.4, -0.2) is 28.1 Å². The predicted octanol–water partition coefficient (Wildman–Crippen LogP) is 2.47. The molecule has 0 saturated heterocycles. The molecule has 8 heteroatoms. The molecule has 2 amide bonds.